The largest absolute Gasteiger partial charge is 0.293 e. The number of Topliss-reactive ketones (excluding diaryl/α,β-unsaturated/α-hetero) is 1. The number of nitriles is 1. The predicted molar refractivity (Wildman–Crippen MR) is 67.8 cm³/mol. The van der Waals surface area contributed by atoms with Gasteiger partial charge in [0.05, 0.1) is 11.0 Å². The number of carbonyl (C=O) groups is 1. The lowest BCUT2D eigenvalue weighted by atomic mass is 9.89. The van der Waals surface area contributed by atoms with Gasteiger partial charge >= 0.3 is 0 Å². The molecule has 0 bridgehead atoms. The highest BCUT2D eigenvalue weighted by Crippen LogP contribution is 2.18. The summed E-state index contributed by atoms with van der Waals surface area (Å²) in [6.07, 6.45) is 1.11. The molecular formula is C13H15NO3S. The highest BCUT2D eigenvalue weighted by molar-refractivity contribution is 7.90. The zero-order valence-electron chi connectivity index (χ0n) is 10.5. The van der Waals surface area contributed by atoms with Crippen molar-refractivity contribution in [1.29, 1.82) is 5.26 Å². The molecule has 0 amide bonds. The Morgan fingerprint density at radius 2 is 1.72 bits per heavy atom. The van der Waals surface area contributed by atoms with E-state index in [9.17, 15) is 13.2 Å². The summed E-state index contributed by atoms with van der Waals surface area (Å²) in [4.78, 5) is 12.2. The smallest absolute Gasteiger partial charge is 0.180 e. The third-order valence-electron chi connectivity index (χ3n) is 2.66. The SMILES string of the molecule is CC(C)C(C#N)C(=O)c1ccc(S(C)(=O)=O)cc1. The van der Waals surface area contributed by atoms with Gasteiger partial charge in [-0.25, -0.2) is 8.42 Å². The average Bonchev–Trinajstić information content (AvgIpc) is 2.28. The fraction of sp³-hybridized carbons (Fsp3) is 0.385. The van der Waals surface area contributed by atoms with Crippen molar-refractivity contribution < 1.29 is 13.2 Å². The van der Waals surface area contributed by atoms with Gasteiger partial charge in [0.15, 0.2) is 15.6 Å². The number of hydrogen-bond donors (Lipinski definition) is 0. The third-order valence-corrected chi connectivity index (χ3v) is 3.78. The fourth-order valence-corrected chi connectivity index (χ4v) is 2.19. The van der Waals surface area contributed by atoms with E-state index in [1.165, 1.54) is 24.3 Å². The van der Waals surface area contributed by atoms with E-state index in [-0.39, 0.29) is 16.6 Å². The molecule has 0 aromatic heterocycles. The third kappa shape index (κ3) is 3.17. The van der Waals surface area contributed by atoms with E-state index >= 15 is 0 Å². The first kappa shape index (κ1) is 14.4. The Morgan fingerprint density at radius 1 is 1.22 bits per heavy atom. The first-order chi connectivity index (χ1) is 8.27. The van der Waals surface area contributed by atoms with E-state index in [0.29, 0.717) is 5.56 Å². The van der Waals surface area contributed by atoms with Crippen LogP contribution in [0.15, 0.2) is 29.2 Å². The number of hydrogen-bond acceptors (Lipinski definition) is 4. The molecule has 4 nitrogen and oxygen atoms in total. The van der Waals surface area contributed by atoms with Crippen molar-refractivity contribution in [2.24, 2.45) is 11.8 Å². The van der Waals surface area contributed by atoms with E-state index in [1.54, 1.807) is 13.8 Å². The lowest BCUT2D eigenvalue weighted by Gasteiger charge is -2.11. The zero-order chi connectivity index (χ0) is 13.9. The Kier molecular flexibility index (Phi) is 4.25. The minimum atomic E-state index is -3.26. The molecule has 0 saturated heterocycles. The topological polar surface area (TPSA) is 75.0 Å². The molecule has 0 heterocycles. The lowest BCUT2D eigenvalue weighted by Crippen LogP contribution is -2.18. The molecule has 1 unspecified atom stereocenters. The summed E-state index contributed by atoms with van der Waals surface area (Å²) in [5.41, 5.74) is 0.364. The fourth-order valence-electron chi connectivity index (χ4n) is 1.56. The average molecular weight is 265 g/mol. The Morgan fingerprint density at radius 3 is 2.06 bits per heavy atom. The molecule has 0 saturated carbocycles. The molecule has 0 spiro atoms. The van der Waals surface area contributed by atoms with Crippen LogP contribution >= 0.6 is 0 Å². The molecule has 0 radical (unpaired) electrons. The number of nitrogens with zero attached hydrogens (tertiary/aromatic N) is 1. The Bertz CT molecular complexity index is 580. The van der Waals surface area contributed by atoms with Crippen LogP contribution in [0.4, 0.5) is 0 Å². The number of carbonyl (C=O) groups excluding carboxylic acids is 1. The summed E-state index contributed by atoms with van der Waals surface area (Å²) < 4.78 is 22.6. The van der Waals surface area contributed by atoms with Gasteiger partial charge in [0.25, 0.3) is 0 Å². The number of rotatable bonds is 4. The zero-order valence-corrected chi connectivity index (χ0v) is 11.4. The first-order valence-corrected chi connectivity index (χ1v) is 7.40. The van der Waals surface area contributed by atoms with Gasteiger partial charge in [0.1, 0.15) is 5.92 Å². The molecule has 0 N–H and O–H groups in total. The molecule has 0 aliphatic heterocycles. The molecule has 18 heavy (non-hydrogen) atoms. The van der Waals surface area contributed by atoms with Crippen LogP contribution in [0, 0.1) is 23.2 Å². The molecule has 1 aromatic rings. The molecule has 1 aromatic carbocycles. The normalized spacial score (nSPS) is 13.1. The number of sulfone groups is 1. The van der Waals surface area contributed by atoms with Crippen molar-refractivity contribution in [3.05, 3.63) is 29.8 Å². The van der Waals surface area contributed by atoms with Crippen molar-refractivity contribution in [2.45, 2.75) is 18.7 Å². The number of benzene rings is 1. The predicted octanol–water partition coefficient (Wildman–Crippen LogP) is 2.07. The van der Waals surface area contributed by atoms with E-state index in [1.807, 2.05) is 6.07 Å². The minimum absolute atomic E-state index is 0.0721. The van der Waals surface area contributed by atoms with Crippen LogP contribution < -0.4 is 0 Å². The molecule has 0 aliphatic rings. The van der Waals surface area contributed by atoms with Crippen LogP contribution in [0.1, 0.15) is 24.2 Å². The Labute approximate surface area is 107 Å². The van der Waals surface area contributed by atoms with Crippen molar-refractivity contribution >= 4 is 15.6 Å². The molecule has 0 fully saturated rings. The quantitative estimate of drug-likeness (QED) is 0.781. The van der Waals surface area contributed by atoms with Gasteiger partial charge in [-0.2, -0.15) is 5.26 Å². The maximum absolute atomic E-state index is 12.0. The van der Waals surface area contributed by atoms with Crippen LogP contribution in [-0.4, -0.2) is 20.5 Å². The van der Waals surface area contributed by atoms with Gasteiger partial charge in [0, 0.05) is 11.8 Å². The summed E-state index contributed by atoms with van der Waals surface area (Å²) in [6.45, 7) is 3.60. The van der Waals surface area contributed by atoms with Gasteiger partial charge in [-0.1, -0.05) is 26.0 Å². The second-order valence-electron chi connectivity index (χ2n) is 4.51. The summed E-state index contributed by atoms with van der Waals surface area (Å²) >= 11 is 0. The molecule has 96 valence electrons. The van der Waals surface area contributed by atoms with E-state index < -0.39 is 15.8 Å². The highest BCUT2D eigenvalue weighted by Gasteiger charge is 2.23. The highest BCUT2D eigenvalue weighted by atomic mass is 32.2. The molecule has 1 atom stereocenters. The van der Waals surface area contributed by atoms with Gasteiger partial charge < -0.3 is 0 Å². The maximum atomic E-state index is 12.0. The summed E-state index contributed by atoms with van der Waals surface area (Å²) in [5, 5.41) is 8.95. The van der Waals surface area contributed by atoms with Crippen molar-refractivity contribution in [3.8, 4) is 6.07 Å². The van der Waals surface area contributed by atoms with Crippen LogP contribution in [0.5, 0.6) is 0 Å². The van der Waals surface area contributed by atoms with Gasteiger partial charge in [0.2, 0.25) is 0 Å². The first-order valence-electron chi connectivity index (χ1n) is 5.51. The van der Waals surface area contributed by atoms with Crippen molar-refractivity contribution in [1.82, 2.24) is 0 Å². The maximum Gasteiger partial charge on any atom is 0.180 e. The lowest BCUT2D eigenvalue weighted by molar-refractivity contribution is 0.0924. The van der Waals surface area contributed by atoms with Crippen LogP contribution in [-0.2, 0) is 9.84 Å². The Balaban J connectivity index is 3.07. The standard InChI is InChI=1S/C13H15NO3S/c1-9(2)12(8-14)13(15)10-4-6-11(7-5-10)18(3,16)17/h4-7,9,12H,1-3H3. The summed E-state index contributed by atoms with van der Waals surface area (Å²) in [6, 6.07) is 7.65. The minimum Gasteiger partial charge on any atom is -0.293 e. The van der Waals surface area contributed by atoms with E-state index in [4.69, 9.17) is 5.26 Å². The summed E-state index contributed by atoms with van der Waals surface area (Å²) in [7, 11) is -3.26. The molecular weight excluding hydrogens is 250 g/mol. The second kappa shape index (κ2) is 5.32. The van der Waals surface area contributed by atoms with Crippen LogP contribution in [0.3, 0.4) is 0 Å². The van der Waals surface area contributed by atoms with Gasteiger partial charge in [-0.05, 0) is 18.1 Å². The summed E-state index contributed by atoms with van der Waals surface area (Å²) in [5.74, 6) is -1.04. The van der Waals surface area contributed by atoms with E-state index in [2.05, 4.69) is 0 Å². The van der Waals surface area contributed by atoms with Crippen LogP contribution in [0.2, 0.25) is 0 Å². The Hall–Kier alpha value is -1.67. The monoisotopic (exact) mass is 265 g/mol. The van der Waals surface area contributed by atoms with Crippen LogP contribution in [0.25, 0.3) is 0 Å². The molecule has 0 aliphatic carbocycles. The molecule has 5 heteroatoms. The van der Waals surface area contributed by atoms with Gasteiger partial charge in [-0.15, -0.1) is 0 Å². The van der Waals surface area contributed by atoms with Gasteiger partial charge in [-0.3, -0.25) is 4.79 Å². The number of ketones is 1. The second-order valence-corrected chi connectivity index (χ2v) is 6.53. The molecule has 1 rings (SSSR count). The van der Waals surface area contributed by atoms with E-state index in [0.717, 1.165) is 6.26 Å². The van der Waals surface area contributed by atoms with Crippen molar-refractivity contribution in [3.63, 3.8) is 0 Å². The van der Waals surface area contributed by atoms with Crippen molar-refractivity contribution in [2.75, 3.05) is 6.26 Å².